The van der Waals surface area contributed by atoms with Gasteiger partial charge in [-0.25, -0.2) is 4.79 Å². The molecule has 1 saturated carbocycles. The number of nitrogens with one attached hydrogen (secondary N) is 1. The van der Waals surface area contributed by atoms with E-state index in [9.17, 15) is 4.79 Å². The summed E-state index contributed by atoms with van der Waals surface area (Å²) in [6, 6.07) is 0. The molecule has 72 valence electrons. The van der Waals surface area contributed by atoms with Crippen molar-refractivity contribution in [3.63, 3.8) is 0 Å². The first-order valence-electron chi connectivity index (χ1n) is 4.79. The molecule has 1 fully saturated rings. The molecule has 2 aliphatic carbocycles. The predicted octanol–water partition coefficient (Wildman–Crippen LogP) is 1.55. The number of methoxy groups -OCH3 is 1. The molecule has 0 heterocycles. The van der Waals surface area contributed by atoms with Crippen LogP contribution in [0.4, 0.5) is 4.79 Å². The number of hydrogen-bond acceptors (Lipinski definition) is 2. The van der Waals surface area contributed by atoms with Crippen molar-refractivity contribution in [1.82, 2.24) is 5.32 Å². The van der Waals surface area contributed by atoms with Crippen molar-refractivity contribution < 1.29 is 9.53 Å². The first-order valence-corrected chi connectivity index (χ1v) is 4.79. The first kappa shape index (κ1) is 8.60. The van der Waals surface area contributed by atoms with Crippen LogP contribution in [0.15, 0.2) is 12.2 Å². The highest BCUT2D eigenvalue weighted by molar-refractivity contribution is 5.66. The third-order valence-electron chi connectivity index (χ3n) is 3.11. The lowest BCUT2D eigenvalue weighted by molar-refractivity contribution is 0.168. The van der Waals surface area contributed by atoms with Gasteiger partial charge < -0.3 is 10.1 Å². The Morgan fingerprint density at radius 3 is 2.92 bits per heavy atom. The zero-order valence-electron chi connectivity index (χ0n) is 7.82. The molecule has 1 N–H and O–H groups in total. The summed E-state index contributed by atoms with van der Waals surface area (Å²) in [5, 5.41) is 2.76. The molecule has 0 aromatic heterocycles. The normalized spacial score (nSPS) is 35.0. The van der Waals surface area contributed by atoms with Gasteiger partial charge in [0, 0.05) is 6.54 Å². The van der Waals surface area contributed by atoms with E-state index in [0.717, 1.165) is 12.5 Å². The summed E-state index contributed by atoms with van der Waals surface area (Å²) in [5.74, 6) is 2.10. The van der Waals surface area contributed by atoms with Crippen LogP contribution in [-0.4, -0.2) is 19.7 Å². The van der Waals surface area contributed by atoms with E-state index in [1.54, 1.807) is 0 Å². The molecule has 2 bridgehead atoms. The van der Waals surface area contributed by atoms with Gasteiger partial charge in [0.15, 0.2) is 0 Å². The maximum Gasteiger partial charge on any atom is 0.406 e. The Bertz CT molecular complexity index is 237. The molecule has 2 rings (SSSR count). The van der Waals surface area contributed by atoms with Gasteiger partial charge in [-0.3, -0.25) is 0 Å². The van der Waals surface area contributed by atoms with Gasteiger partial charge in [0.2, 0.25) is 0 Å². The molecule has 13 heavy (non-hydrogen) atoms. The zero-order valence-corrected chi connectivity index (χ0v) is 7.82. The van der Waals surface area contributed by atoms with E-state index in [2.05, 4.69) is 22.2 Å². The standard InChI is InChI=1S/C10H15NO2/c1-13-10(12)11-6-9-5-7-2-3-8(9)4-7/h2-3,7-9H,4-6H2,1H3,(H,11,12)/t7?,8?,9-/m0/s1. The molecule has 3 atom stereocenters. The molecule has 0 aromatic carbocycles. The number of fused-ring (bicyclic) bond motifs is 2. The lowest BCUT2D eigenvalue weighted by Gasteiger charge is -2.17. The summed E-state index contributed by atoms with van der Waals surface area (Å²) in [4.78, 5) is 10.8. The second kappa shape index (κ2) is 3.40. The highest BCUT2D eigenvalue weighted by Gasteiger charge is 2.35. The molecule has 2 aliphatic rings. The van der Waals surface area contributed by atoms with Gasteiger partial charge in [-0.05, 0) is 30.6 Å². The van der Waals surface area contributed by atoms with Crippen LogP contribution in [0.1, 0.15) is 12.8 Å². The van der Waals surface area contributed by atoms with Crippen LogP contribution >= 0.6 is 0 Å². The van der Waals surface area contributed by atoms with Gasteiger partial charge in [0.25, 0.3) is 0 Å². The molecular formula is C10H15NO2. The SMILES string of the molecule is COC(=O)NC[C@@H]1CC2C=CC1C2. The summed E-state index contributed by atoms with van der Waals surface area (Å²) >= 11 is 0. The highest BCUT2D eigenvalue weighted by Crippen LogP contribution is 2.42. The van der Waals surface area contributed by atoms with Crippen molar-refractivity contribution >= 4 is 6.09 Å². The summed E-state index contributed by atoms with van der Waals surface area (Å²) in [5.41, 5.74) is 0. The van der Waals surface area contributed by atoms with Crippen LogP contribution in [0, 0.1) is 17.8 Å². The number of alkyl carbamates (subject to hydrolysis) is 1. The number of carbonyl (C=O) groups excluding carboxylic acids is 1. The zero-order chi connectivity index (χ0) is 9.26. The number of carbonyl (C=O) groups is 1. The fourth-order valence-corrected chi connectivity index (χ4v) is 2.42. The third kappa shape index (κ3) is 1.69. The Morgan fingerprint density at radius 2 is 2.38 bits per heavy atom. The molecule has 0 aliphatic heterocycles. The first-order chi connectivity index (χ1) is 6.29. The molecule has 3 heteroatoms. The smallest absolute Gasteiger partial charge is 0.406 e. The van der Waals surface area contributed by atoms with Gasteiger partial charge in [-0.1, -0.05) is 12.2 Å². The molecule has 0 radical (unpaired) electrons. The largest absolute Gasteiger partial charge is 0.453 e. The number of amides is 1. The molecule has 0 aromatic rings. The average Bonchev–Trinajstić information content (AvgIpc) is 2.74. The molecular weight excluding hydrogens is 166 g/mol. The topological polar surface area (TPSA) is 38.3 Å². The van der Waals surface area contributed by atoms with E-state index in [1.807, 2.05) is 0 Å². The predicted molar refractivity (Wildman–Crippen MR) is 49.3 cm³/mol. The average molecular weight is 181 g/mol. The third-order valence-corrected chi connectivity index (χ3v) is 3.11. The van der Waals surface area contributed by atoms with Crippen molar-refractivity contribution in [2.24, 2.45) is 17.8 Å². The molecule has 3 nitrogen and oxygen atoms in total. The quantitative estimate of drug-likeness (QED) is 0.656. The van der Waals surface area contributed by atoms with E-state index in [-0.39, 0.29) is 6.09 Å². The van der Waals surface area contributed by atoms with Crippen LogP contribution in [0.3, 0.4) is 0 Å². The van der Waals surface area contributed by atoms with Crippen LogP contribution in [0.2, 0.25) is 0 Å². The minimum Gasteiger partial charge on any atom is -0.453 e. The lowest BCUT2D eigenvalue weighted by atomic mass is 9.94. The van der Waals surface area contributed by atoms with Crippen molar-refractivity contribution in [3.8, 4) is 0 Å². The number of hydrogen-bond donors (Lipinski definition) is 1. The van der Waals surface area contributed by atoms with Crippen LogP contribution in [0.5, 0.6) is 0 Å². The molecule has 0 spiro atoms. The fourth-order valence-electron chi connectivity index (χ4n) is 2.42. The Morgan fingerprint density at radius 1 is 1.54 bits per heavy atom. The van der Waals surface area contributed by atoms with Crippen molar-refractivity contribution in [1.29, 1.82) is 0 Å². The molecule has 0 saturated heterocycles. The van der Waals surface area contributed by atoms with Crippen LogP contribution in [0.25, 0.3) is 0 Å². The fraction of sp³-hybridized carbons (Fsp3) is 0.700. The van der Waals surface area contributed by atoms with Gasteiger partial charge in [0.1, 0.15) is 0 Å². The van der Waals surface area contributed by atoms with Crippen molar-refractivity contribution in [2.75, 3.05) is 13.7 Å². The maximum atomic E-state index is 10.8. The highest BCUT2D eigenvalue weighted by atomic mass is 16.5. The number of allylic oxidation sites excluding steroid dienone is 2. The molecule has 1 amide bonds. The maximum absolute atomic E-state index is 10.8. The Kier molecular flexibility index (Phi) is 2.25. The second-order valence-electron chi connectivity index (χ2n) is 3.91. The van der Waals surface area contributed by atoms with E-state index in [4.69, 9.17) is 0 Å². The van der Waals surface area contributed by atoms with Crippen LogP contribution in [-0.2, 0) is 4.74 Å². The van der Waals surface area contributed by atoms with Gasteiger partial charge in [0.05, 0.1) is 7.11 Å². The summed E-state index contributed by atoms with van der Waals surface area (Å²) < 4.78 is 4.52. The summed E-state index contributed by atoms with van der Waals surface area (Å²) in [7, 11) is 1.40. The van der Waals surface area contributed by atoms with E-state index in [1.165, 1.54) is 20.0 Å². The van der Waals surface area contributed by atoms with E-state index >= 15 is 0 Å². The van der Waals surface area contributed by atoms with E-state index < -0.39 is 0 Å². The minimum absolute atomic E-state index is 0.313. The number of rotatable bonds is 2. The Balaban J connectivity index is 1.78. The summed E-state index contributed by atoms with van der Waals surface area (Å²) in [6.07, 6.45) is 6.79. The Hall–Kier alpha value is -0.990. The summed E-state index contributed by atoms with van der Waals surface area (Å²) in [6.45, 7) is 0.762. The van der Waals surface area contributed by atoms with Crippen molar-refractivity contribution in [3.05, 3.63) is 12.2 Å². The second-order valence-corrected chi connectivity index (χ2v) is 3.91. The number of ether oxygens (including phenoxy) is 1. The van der Waals surface area contributed by atoms with Gasteiger partial charge in [-0.15, -0.1) is 0 Å². The Labute approximate surface area is 78.1 Å². The van der Waals surface area contributed by atoms with Gasteiger partial charge in [-0.2, -0.15) is 0 Å². The minimum atomic E-state index is -0.313. The van der Waals surface area contributed by atoms with Crippen molar-refractivity contribution in [2.45, 2.75) is 12.8 Å². The molecule has 2 unspecified atom stereocenters. The van der Waals surface area contributed by atoms with Gasteiger partial charge >= 0.3 is 6.09 Å². The monoisotopic (exact) mass is 181 g/mol. The van der Waals surface area contributed by atoms with E-state index in [0.29, 0.717) is 11.8 Å². The van der Waals surface area contributed by atoms with Crippen LogP contribution < -0.4 is 5.32 Å². The lowest BCUT2D eigenvalue weighted by Crippen LogP contribution is -2.30.